The molecule has 59 heavy (non-hydrogen) atoms. The van der Waals surface area contributed by atoms with E-state index in [-0.39, 0.29) is 51.5 Å². The third kappa shape index (κ3) is 9.18. The van der Waals surface area contributed by atoms with Crippen molar-refractivity contribution in [1.82, 2.24) is 25.1 Å². The summed E-state index contributed by atoms with van der Waals surface area (Å²) in [6, 6.07) is 14.4. The molecule has 4 heterocycles. The lowest BCUT2D eigenvalue weighted by Crippen LogP contribution is -2.50. The summed E-state index contributed by atoms with van der Waals surface area (Å²) >= 11 is 6.51. The van der Waals surface area contributed by atoms with Gasteiger partial charge in [0.15, 0.2) is 15.7 Å². The number of nitrogens with one attached hydrogen (secondary N) is 3. The monoisotopic (exact) mass is 846 g/mol. The third-order valence-electron chi connectivity index (χ3n) is 11.4. The van der Waals surface area contributed by atoms with Crippen LogP contribution in [0.25, 0.3) is 0 Å². The highest BCUT2D eigenvalue weighted by molar-refractivity contribution is 7.92. The molecule has 3 N–H and O–H groups in total. The lowest BCUT2D eigenvalue weighted by molar-refractivity contribution is -0.137. The molecule has 16 heteroatoms. The summed E-state index contributed by atoms with van der Waals surface area (Å²) in [5.41, 5.74) is 5.30. The summed E-state index contributed by atoms with van der Waals surface area (Å²) in [4.78, 5) is 39.9. The standard InChI is InChI=1S/C43H52ClFN8O5S/c1-25(2)58-37-20-36(27(5)19-34(37)48-43-46-21-32(44)41(50-43)47-33-9-7-8-10-38(33)59(56,57)26(3)4)52-17-15-30(16-18-52)51(6)22-29-12-11-28-23-53(24-31(28)40(29)45)35-13-14-39(54)49-42(35)55/h7-12,19-21,25-26,30,35H,13-18,22-24H2,1-6H3,(H,49,54,55)(H2,46,47,48,50). The Hall–Kier alpha value is -4.83. The molecular weight excluding hydrogens is 795 g/mol. The van der Waals surface area contributed by atoms with Crippen LogP contribution in [0.1, 0.15) is 75.6 Å². The van der Waals surface area contributed by atoms with Gasteiger partial charge in [-0.25, -0.2) is 17.8 Å². The number of carbonyl (C=O) groups excluding carboxylic acids is 2. The third-order valence-corrected chi connectivity index (χ3v) is 13.9. The fraction of sp³-hybridized carbons (Fsp3) is 0.442. The van der Waals surface area contributed by atoms with Crippen molar-refractivity contribution in [3.8, 4) is 5.75 Å². The number of benzene rings is 3. The van der Waals surface area contributed by atoms with Gasteiger partial charge in [-0.15, -0.1) is 0 Å². The maximum absolute atomic E-state index is 16.0. The first kappa shape index (κ1) is 42.3. The maximum atomic E-state index is 16.0. The summed E-state index contributed by atoms with van der Waals surface area (Å²) in [6.45, 7) is 12.2. The van der Waals surface area contributed by atoms with Crippen molar-refractivity contribution in [2.75, 3.05) is 35.7 Å². The van der Waals surface area contributed by atoms with E-state index >= 15 is 4.39 Å². The number of ether oxygens (including phenoxy) is 1. The molecule has 2 amide bonds. The minimum Gasteiger partial charge on any atom is -0.489 e. The quantitative estimate of drug-likeness (QED) is 0.116. The van der Waals surface area contributed by atoms with Crippen molar-refractivity contribution < 1.29 is 27.1 Å². The van der Waals surface area contributed by atoms with E-state index in [4.69, 9.17) is 16.3 Å². The Balaban J connectivity index is 1.01. The van der Waals surface area contributed by atoms with E-state index in [0.29, 0.717) is 60.7 Å². The molecule has 0 spiro atoms. The van der Waals surface area contributed by atoms with Crippen LogP contribution in [0.3, 0.4) is 0 Å². The van der Waals surface area contributed by atoms with Gasteiger partial charge < -0.3 is 20.3 Å². The van der Waals surface area contributed by atoms with Gasteiger partial charge in [-0.3, -0.25) is 24.7 Å². The second kappa shape index (κ2) is 17.4. The van der Waals surface area contributed by atoms with Crippen molar-refractivity contribution >= 4 is 62.1 Å². The van der Waals surface area contributed by atoms with Crippen LogP contribution < -0.4 is 25.6 Å². The molecular formula is C43H52ClFN8O5S. The van der Waals surface area contributed by atoms with E-state index in [1.54, 1.807) is 38.1 Å². The van der Waals surface area contributed by atoms with Crippen LogP contribution in [0.5, 0.6) is 5.75 Å². The van der Waals surface area contributed by atoms with Gasteiger partial charge in [-0.05, 0) is 90.3 Å². The number of anilines is 5. The molecule has 0 bridgehead atoms. The average Bonchev–Trinajstić information content (AvgIpc) is 3.63. The molecule has 3 aliphatic heterocycles. The molecule has 13 nitrogen and oxygen atoms in total. The minimum atomic E-state index is -3.58. The number of aromatic nitrogens is 2. The minimum absolute atomic E-state index is 0.117. The first-order valence-corrected chi connectivity index (χ1v) is 22.0. The van der Waals surface area contributed by atoms with E-state index in [1.165, 1.54) is 6.20 Å². The normalized spacial score (nSPS) is 17.8. The number of amides is 2. The Kier molecular flexibility index (Phi) is 12.5. The van der Waals surface area contributed by atoms with Crippen molar-refractivity contribution in [2.45, 2.75) is 108 Å². The zero-order valence-corrected chi connectivity index (χ0v) is 35.9. The van der Waals surface area contributed by atoms with Crippen molar-refractivity contribution in [3.05, 3.63) is 87.8 Å². The highest BCUT2D eigenvalue weighted by atomic mass is 35.5. The summed E-state index contributed by atoms with van der Waals surface area (Å²) in [5.74, 6) is 0.363. The highest BCUT2D eigenvalue weighted by Crippen LogP contribution is 2.38. The lowest BCUT2D eigenvalue weighted by atomic mass is 10.00. The number of hydrogen-bond donors (Lipinski definition) is 3. The van der Waals surface area contributed by atoms with Gasteiger partial charge >= 0.3 is 0 Å². The molecule has 0 aliphatic carbocycles. The SMILES string of the molecule is Cc1cc(Nc2ncc(Cl)c(Nc3ccccc3S(=O)(=O)C(C)C)n2)c(OC(C)C)cc1N1CCC(N(C)Cc2ccc3c(c2F)CN(C2CCC(=O)NC2=O)C3)CC1. The summed E-state index contributed by atoms with van der Waals surface area (Å²) in [6.07, 6.45) is 3.87. The second-order valence-electron chi connectivity index (χ2n) is 16.2. The van der Waals surface area contributed by atoms with Gasteiger partial charge in [0.25, 0.3) is 0 Å². The Labute approximate surface area is 350 Å². The second-order valence-corrected chi connectivity index (χ2v) is 19.1. The molecule has 0 radical (unpaired) electrons. The zero-order valence-electron chi connectivity index (χ0n) is 34.3. The van der Waals surface area contributed by atoms with Gasteiger partial charge in [0.05, 0.1) is 39.9 Å². The van der Waals surface area contributed by atoms with E-state index in [2.05, 4.69) is 49.7 Å². The Bertz CT molecular complexity index is 2350. The lowest BCUT2D eigenvalue weighted by Gasteiger charge is -2.38. The first-order chi connectivity index (χ1) is 28.1. The molecule has 314 valence electrons. The van der Waals surface area contributed by atoms with Gasteiger partial charge in [-0.1, -0.05) is 35.9 Å². The largest absolute Gasteiger partial charge is 0.489 e. The van der Waals surface area contributed by atoms with Crippen molar-refractivity contribution in [3.63, 3.8) is 0 Å². The van der Waals surface area contributed by atoms with Gasteiger partial charge in [-0.2, -0.15) is 4.98 Å². The number of piperidine rings is 2. The number of carbonyl (C=O) groups is 2. The fourth-order valence-electron chi connectivity index (χ4n) is 8.13. The number of halogens is 2. The fourth-order valence-corrected chi connectivity index (χ4v) is 9.47. The number of rotatable bonds is 13. The summed E-state index contributed by atoms with van der Waals surface area (Å²) < 4.78 is 48.4. The topological polar surface area (TPSA) is 149 Å². The predicted octanol–water partition coefficient (Wildman–Crippen LogP) is 7.26. The Morgan fingerprint density at radius 3 is 2.47 bits per heavy atom. The summed E-state index contributed by atoms with van der Waals surface area (Å²) in [7, 11) is -1.53. The number of para-hydroxylation sites is 1. The number of aryl methyl sites for hydroxylation is 1. The van der Waals surface area contributed by atoms with Gasteiger partial charge in [0, 0.05) is 68.1 Å². The van der Waals surface area contributed by atoms with Crippen LogP contribution >= 0.6 is 11.6 Å². The number of hydrogen-bond acceptors (Lipinski definition) is 12. The maximum Gasteiger partial charge on any atom is 0.243 e. The van der Waals surface area contributed by atoms with E-state index in [9.17, 15) is 18.0 Å². The molecule has 1 unspecified atom stereocenters. The van der Waals surface area contributed by atoms with Crippen LogP contribution in [0.15, 0.2) is 59.6 Å². The van der Waals surface area contributed by atoms with Crippen LogP contribution in [0, 0.1) is 12.7 Å². The molecule has 7 rings (SSSR count). The predicted molar refractivity (Wildman–Crippen MR) is 228 cm³/mol. The number of sulfone groups is 1. The highest BCUT2D eigenvalue weighted by Gasteiger charge is 2.36. The molecule has 3 aliphatic rings. The van der Waals surface area contributed by atoms with E-state index in [1.807, 2.05) is 43.0 Å². The number of nitrogens with zero attached hydrogens (tertiary/aromatic N) is 5. The molecule has 4 aromatic rings. The summed E-state index contributed by atoms with van der Waals surface area (Å²) in [5, 5.41) is 8.44. The van der Waals surface area contributed by atoms with Gasteiger partial charge in [0.1, 0.15) is 16.6 Å². The number of imide groups is 1. The van der Waals surface area contributed by atoms with E-state index < -0.39 is 21.1 Å². The molecule has 2 saturated heterocycles. The zero-order chi connectivity index (χ0) is 42.2. The Morgan fingerprint density at radius 1 is 1.02 bits per heavy atom. The number of fused-ring (bicyclic) bond motifs is 1. The first-order valence-electron chi connectivity index (χ1n) is 20.1. The van der Waals surface area contributed by atoms with E-state index in [0.717, 1.165) is 42.7 Å². The van der Waals surface area contributed by atoms with Crippen molar-refractivity contribution in [1.29, 1.82) is 0 Å². The van der Waals surface area contributed by atoms with Crippen LogP contribution in [0.2, 0.25) is 5.02 Å². The molecule has 3 aromatic carbocycles. The van der Waals surface area contributed by atoms with Crippen LogP contribution in [-0.2, 0) is 39.1 Å². The van der Waals surface area contributed by atoms with Crippen LogP contribution in [-0.4, -0.2) is 83.6 Å². The molecule has 1 atom stereocenters. The Morgan fingerprint density at radius 2 is 1.76 bits per heavy atom. The molecule has 0 saturated carbocycles. The van der Waals surface area contributed by atoms with Crippen molar-refractivity contribution in [2.24, 2.45) is 0 Å². The smallest absolute Gasteiger partial charge is 0.243 e. The average molecular weight is 847 g/mol. The molecule has 1 aromatic heterocycles. The molecule has 2 fully saturated rings. The van der Waals surface area contributed by atoms with Gasteiger partial charge in [0.2, 0.25) is 17.8 Å². The van der Waals surface area contributed by atoms with Crippen LogP contribution in [0.4, 0.5) is 33.2 Å².